The van der Waals surface area contributed by atoms with Crippen LogP contribution in [0, 0.1) is 11.3 Å². The fourth-order valence-corrected chi connectivity index (χ4v) is 2.31. The molecule has 0 N–H and O–H groups in total. The summed E-state index contributed by atoms with van der Waals surface area (Å²) < 4.78 is 4.90. The predicted molar refractivity (Wildman–Crippen MR) is 68.2 cm³/mol. The molecule has 0 aliphatic carbocycles. The summed E-state index contributed by atoms with van der Waals surface area (Å²) in [5.41, 5.74) is 1.28. The molecule has 1 heterocycles. The highest BCUT2D eigenvalue weighted by Crippen LogP contribution is 2.28. The van der Waals surface area contributed by atoms with E-state index in [2.05, 4.69) is 11.1 Å². The van der Waals surface area contributed by atoms with Gasteiger partial charge in [-0.25, -0.2) is 9.78 Å². The lowest BCUT2D eigenvalue weighted by Gasteiger charge is -1.98. The molecule has 2 rings (SSSR count). The summed E-state index contributed by atoms with van der Waals surface area (Å²) in [6.07, 6.45) is 1.48. The van der Waals surface area contributed by atoms with Crippen LogP contribution >= 0.6 is 11.3 Å². The lowest BCUT2D eigenvalue weighted by molar-refractivity contribution is 0.0532. The van der Waals surface area contributed by atoms with E-state index < -0.39 is 0 Å². The molecule has 0 radical (unpaired) electrons. The first kappa shape index (κ1) is 12.3. The van der Waals surface area contributed by atoms with E-state index in [9.17, 15) is 4.79 Å². The van der Waals surface area contributed by atoms with Crippen molar-refractivity contribution in [3.05, 3.63) is 40.9 Å². The Balaban J connectivity index is 2.36. The molecule has 0 aliphatic rings. The second-order valence-electron chi connectivity index (χ2n) is 3.41. The Bertz CT molecular complexity index is 613. The molecule has 0 saturated carbocycles. The number of hydrogen-bond acceptors (Lipinski definition) is 5. The third-order valence-electron chi connectivity index (χ3n) is 2.26. The normalized spacial score (nSPS) is 9.78. The number of thiazole rings is 1. The van der Waals surface area contributed by atoms with Crippen LogP contribution < -0.4 is 0 Å². The van der Waals surface area contributed by atoms with Gasteiger partial charge >= 0.3 is 5.97 Å². The lowest BCUT2D eigenvalue weighted by Crippen LogP contribution is -2.01. The number of carbonyl (C=O) groups excluding carboxylic acids is 1. The van der Waals surface area contributed by atoms with Gasteiger partial charge in [0, 0.05) is 5.56 Å². The number of nitrogens with zero attached hydrogens (tertiary/aromatic N) is 2. The molecule has 0 bridgehead atoms. The highest BCUT2D eigenvalue weighted by Gasteiger charge is 2.14. The summed E-state index contributed by atoms with van der Waals surface area (Å²) >= 11 is 1.23. The molecular weight excluding hydrogens is 248 g/mol. The number of nitriles is 1. The summed E-state index contributed by atoms with van der Waals surface area (Å²) in [6.45, 7) is 2.09. The van der Waals surface area contributed by atoms with Gasteiger partial charge < -0.3 is 4.74 Å². The van der Waals surface area contributed by atoms with Crippen molar-refractivity contribution >= 4 is 17.3 Å². The quantitative estimate of drug-likeness (QED) is 0.794. The van der Waals surface area contributed by atoms with Crippen molar-refractivity contribution < 1.29 is 9.53 Å². The van der Waals surface area contributed by atoms with Gasteiger partial charge in [-0.05, 0) is 13.0 Å². The van der Waals surface area contributed by atoms with Crippen molar-refractivity contribution in [2.24, 2.45) is 0 Å². The molecule has 5 heteroatoms. The topological polar surface area (TPSA) is 63.0 Å². The van der Waals surface area contributed by atoms with Gasteiger partial charge in [-0.2, -0.15) is 5.26 Å². The second-order valence-corrected chi connectivity index (χ2v) is 4.44. The number of benzene rings is 1. The predicted octanol–water partition coefficient (Wildman–Crippen LogP) is 2.86. The molecule has 18 heavy (non-hydrogen) atoms. The molecule has 2 aromatic rings. The van der Waals surface area contributed by atoms with Crippen LogP contribution in [0.3, 0.4) is 0 Å². The van der Waals surface area contributed by atoms with Crippen LogP contribution in [0.2, 0.25) is 0 Å². The third-order valence-corrected chi connectivity index (χ3v) is 3.27. The van der Waals surface area contributed by atoms with Gasteiger partial charge in [-0.15, -0.1) is 11.3 Å². The average molecular weight is 258 g/mol. The molecule has 0 atom stereocenters. The Labute approximate surface area is 108 Å². The molecule has 90 valence electrons. The second kappa shape index (κ2) is 5.43. The average Bonchev–Trinajstić information content (AvgIpc) is 2.88. The van der Waals surface area contributed by atoms with E-state index in [4.69, 9.17) is 10.00 Å². The van der Waals surface area contributed by atoms with E-state index in [1.165, 1.54) is 17.5 Å². The molecule has 0 spiro atoms. The Morgan fingerprint density at radius 2 is 2.28 bits per heavy atom. The van der Waals surface area contributed by atoms with Crippen molar-refractivity contribution in [3.8, 4) is 16.6 Å². The maximum atomic E-state index is 11.5. The number of aromatic nitrogens is 1. The Morgan fingerprint density at radius 3 is 3.00 bits per heavy atom. The van der Waals surface area contributed by atoms with Crippen molar-refractivity contribution in [3.63, 3.8) is 0 Å². The molecule has 0 amide bonds. The van der Waals surface area contributed by atoms with Gasteiger partial charge in [0.2, 0.25) is 0 Å². The van der Waals surface area contributed by atoms with Crippen LogP contribution in [0.4, 0.5) is 0 Å². The first-order valence-electron chi connectivity index (χ1n) is 5.38. The number of hydrogen-bond donors (Lipinski definition) is 0. The van der Waals surface area contributed by atoms with E-state index in [1.807, 2.05) is 12.1 Å². The molecule has 1 aromatic heterocycles. The molecule has 1 aromatic carbocycles. The van der Waals surface area contributed by atoms with Crippen molar-refractivity contribution in [1.82, 2.24) is 4.98 Å². The summed E-state index contributed by atoms with van der Waals surface area (Å²) in [7, 11) is 0. The SMILES string of the molecule is CCOC(=O)c1cnc(-c2ccccc2C#N)s1. The largest absolute Gasteiger partial charge is 0.462 e. The van der Waals surface area contributed by atoms with Crippen LogP contribution in [0.5, 0.6) is 0 Å². The van der Waals surface area contributed by atoms with E-state index in [0.717, 1.165) is 5.56 Å². The minimum atomic E-state index is -0.379. The highest BCUT2D eigenvalue weighted by molar-refractivity contribution is 7.16. The van der Waals surface area contributed by atoms with Crippen LogP contribution in [-0.4, -0.2) is 17.6 Å². The van der Waals surface area contributed by atoms with Gasteiger partial charge in [-0.1, -0.05) is 18.2 Å². The Hall–Kier alpha value is -2.19. The van der Waals surface area contributed by atoms with Gasteiger partial charge in [0.25, 0.3) is 0 Å². The molecular formula is C13H10N2O2S. The van der Waals surface area contributed by atoms with Crippen LogP contribution in [0.1, 0.15) is 22.2 Å². The van der Waals surface area contributed by atoms with Crippen LogP contribution in [-0.2, 0) is 4.74 Å². The fourth-order valence-electron chi connectivity index (χ4n) is 1.46. The smallest absolute Gasteiger partial charge is 0.349 e. The van der Waals surface area contributed by atoms with Crippen molar-refractivity contribution in [2.75, 3.05) is 6.61 Å². The number of esters is 1. The maximum Gasteiger partial charge on any atom is 0.349 e. The van der Waals surface area contributed by atoms with Crippen LogP contribution in [0.25, 0.3) is 10.6 Å². The van der Waals surface area contributed by atoms with E-state index >= 15 is 0 Å². The summed E-state index contributed by atoms with van der Waals surface area (Å²) in [5.74, 6) is -0.379. The number of ether oxygens (including phenoxy) is 1. The fraction of sp³-hybridized carbons (Fsp3) is 0.154. The van der Waals surface area contributed by atoms with Gasteiger partial charge in [0.15, 0.2) is 0 Å². The molecule has 0 aliphatic heterocycles. The standard InChI is InChI=1S/C13H10N2O2S/c1-2-17-13(16)11-8-15-12(18-11)10-6-4-3-5-9(10)7-14/h3-6,8H,2H2,1H3. The van der Waals surface area contributed by atoms with Crippen molar-refractivity contribution in [1.29, 1.82) is 5.26 Å². The summed E-state index contributed by atoms with van der Waals surface area (Å²) in [5, 5.41) is 9.66. The minimum Gasteiger partial charge on any atom is -0.462 e. The monoisotopic (exact) mass is 258 g/mol. The van der Waals surface area contributed by atoms with Gasteiger partial charge in [0.05, 0.1) is 24.4 Å². The maximum absolute atomic E-state index is 11.5. The summed E-state index contributed by atoms with van der Waals surface area (Å²) in [6, 6.07) is 9.27. The van der Waals surface area contributed by atoms with E-state index in [1.54, 1.807) is 19.1 Å². The van der Waals surface area contributed by atoms with E-state index in [0.29, 0.717) is 22.1 Å². The first-order valence-corrected chi connectivity index (χ1v) is 6.20. The lowest BCUT2D eigenvalue weighted by atomic mass is 10.1. The third kappa shape index (κ3) is 2.39. The zero-order chi connectivity index (χ0) is 13.0. The molecule has 0 unspecified atom stereocenters. The highest BCUT2D eigenvalue weighted by atomic mass is 32.1. The van der Waals surface area contributed by atoms with Gasteiger partial charge in [-0.3, -0.25) is 0 Å². The van der Waals surface area contributed by atoms with Crippen LogP contribution in [0.15, 0.2) is 30.5 Å². The number of rotatable bonds is 3. The van der Waals surface area contributed by atoms with Crippen molar-refractivity contribution in [2.45, 2.75) is 6.92 Å². The zero-order valence-corrected chi connectivity index (χ0v) is 10.5. The zero-order valence-electron chi connectivity index (χ0n) is 9.71. The Kier molecular flexibility index (Phi) is 3.70. The molecule has 0 saturated heterocycles. The minimum absolute atomic E-state index is 0.334. The summed E-state index contributed by atoms with van der Waals surface area (Å²) in [4.78, 5) is 16.1. The number of carbonyl (C=O) groups is 1. The molecule has 0 fully saturated rings. The Morgan fingerprint density at radius 1 is 1.50 bits per heavy atom. The van der Waals surface area contributed by atoms with Gasteiger partial charge in [0.1, 0.15) is 9.88 Å². The van der Waals surface area contributed by atoms with E-state index in [-0.39, 0.29) is 5.97 Å². The molecule has 4 nitrogen and oxygen atoms in total. The first-order chi connectivity index (χ1) is 8.76.